The Morgan fingerprint density at radius 3 is 3.29 bits per heavy atom. The molecule has 2 aromatic rings. The van der Waals surface area contributed by atoms with Gasteiger partial charge in [0.1, 0.15) is 6.33 Å². The summed E-state index contributed by atoms with van der Waals surface area (Å²) in [6.45, 7) is 4.67. The molecule has 0 aromatic carbocycles. The van der Waals surface area contributed by atoms with E-state index in [1.165, 1.54) is 0 Å². The Morgan fingerprint density at radius 1 is 1.50 bits per heavy atom. The number of anilines is 1. The highest BCUT2D eigenvalue weighted by molar-refractivity contribution is 5.92. The number of nitrogens with one attached hydrogen (secondary N) is 2. The maximum Gasteiger partial charge on any atom is 0.319 e. The number of fused-ring (bicyclic) bond motifs is 1. The lowest BCUT2D eigenvalue weighted by Gasteiger charge is -2.16. The summed E-state index contributed by atoms with van der Waals surface area (Å²) < 4.78 is 6.85. The Kier molecular flexibility index (Phi) is 5.60. The SMILES string of the molecule is COCCCN1CCC(CNC(=O)Nc2cccn3cnnc23)C1. The Bertz CT molecular complexity index is 673. The topological polar surface area (TPSA) is 83.8 Å². The summed E-state index contributed by atoms with van der Waals surface area (Å²) in [7, 11) is 1.73. The van der Waals surface area contributed by atoms with Gasteiger partial charge in [-0.05, 0) is 37.4 Å². The zero-order valence-corrected chi connectivity index (χ0v) is 13.9. The number of hydrogen-bond donors (Lipinski definition) is 2. The van der Waals surface area contributed by atoms with Crippen LogP contribution in [-0.2, 0) is 4.74 Å². The summed E-state index contributed by atoms with van der Waals surface area (Å²) in [6, 6.07) is 3.46. The van der Waals surface area contributed by atoms with Gasteiger partial charge in [0.25, 0.3) is 0 Å². The standard InChI is InChI=1S/C16H24N6O2/c1-24-9-3-6-21-8-5-13(11-21)10-17-16(23)19-14-4-2-7-22-12-18-20-15(14)22/h2,4,7,12-13H,3,5-6,8-11H2,1H3,(H2,17,19,23). The van der Waals surface area contributed by atoms with Gasteiger partial charge in [0.05, 0.1) is 5.69 Å². The molecule has 1 unspecified atom stereocenters. The van der Waals surface area contributed by atoms with Crippen molar-refractivity contribution < 1.29 is 9.53 Å². The minimum Gasteiger partial charge on any atom is -0.385 e. The highest BCUT2D eigenvalue weighted by atomic mass is 16.5. The summed E-state index contributed by atoms with van der Waals surface area (Å²) in [6.07, 6.45) is 5.62. The zero-order chi connectivity index (χ0) is 16.8. The van der Waals surface area contributed by atoms with Gasteiger partial charge in [0.2, 0.25) is 0 Å². The molecule has 0 saturated carbocycles. The molecule has 1 aliphatic heterocycles. The van der Waals surface area contributed by atoms with Crippen molar-refractivity contribution in [2.45, 2.75) is 12.8 Å². The molecule has 24 heavy (non-hydrogen) atoms. The number of hydrogen-bond acceptors (Lipinski definition) is 5. The molecule has 8 heteroatoms. The van der Waals surface area contributed by atoms with Crippen LogP contribution in [0.3, 0.4) is 0 Å². The van der Waals surface area contributed by atoms with Crippen LogP contribution in [0.15, 0.2) is 24.7 Å². The molecule has 3 heterocycles. The normalized spacial score (nSPS) is 18.1. The molecule has 1 atom stereocenters. The molecule has 2 aromatic heterocycles. The smallest absolute Gasteiger partial charge is 0.319 e. The van der Waals surface area contributed by atoms with Crippen LogP contribution in [-0.4, -0.2) is 65.4 Å². The molecule has 2 N–H and O–H groups in total. The minimum absolute atomic E-state index is 0.205. The maximum absolute atomic E-state index is 12.1. The highest BCUT2D eigenvalue weighted by Gasteiger charge is 2.22. The number of nitrogens with zero attached hydrogens (tertiary/aromatic N) is 4. The van der Waals surface area contributed by atoms with Crippen molar-refractivity contribution in [3.05, 3.63) is 24.7 Å². The van der Waals surface area contributed by atoms with Crippen LogP contribution >= 0.6 is 0 Å². The lowest BCUT2D eigenvalue weighted by Crippen LogP contribution is -2.34. The number of urea groups is 1. The van der Waals surface area contributed by atoms with Crippen molar-refractivity contribution >= 4 is 17.4 Å². The van der Waals surface area contributed by atoms with E-state index in [9.17, 15) is 4.79 Å². The predicted octanol–water partition coefficient (Wildman–Crippen LogP) is 1.21. The van der Waals surface area contributed by atoms with E-state index in [0.29, 0.717) is 23.8 Å². The van der Waals surface area contributed by atoms with Crippen molar-refractivity contribution in [3.63, 3.8) is 0 Å². The molecule has 0 radical (unpaired) electrons. The average molecular weight is 332 g/mol. The molecule has 0 bridgehead atoms. The van der Waals surface area contributed by atoms with E-state index >= 15 is 0 Å². The minimum atomic E-state index is -0.205. The van der Waals surface area contributed by atoms with Crippen LogP contribution < -0.4 is 10.6 Å². The number of pyridine rings is 1. The third-order valence-corrected chi connectivity index (χ3v) is 4.32. The lowest BCUT2D eigenvalue weighted by molar-refractivity contribution is 0.178. The molecule has 0 aliphatic carbocycles. The molecule has 1 saturated heterocycles. The van der Waals surface area contributed by atoms with Crippen LogP contribution in [0.5, 0.6) is 0 Å². The van der Waals surface area contributed by atoms with Crippen LogP contribution in [0.4, 0.5) is 10.5 Å². The van der Waals surface area contributed by atoms with Gasteiger partial charge in [-0.25, -0.2) is 4.79 Å². The fraction of sp³-hybridized carbons (Fsp3) is 0.562. The van der Waals surface area contributed by atoms with Gasteiger partial charge in [-0.3, -0.25) is 4.40 Å². The summed E-state index contributed by atoms with van der Waals surface area (Å²) >= 11 is 0. The number of rotatable bonds is 7. The molecule has 0 spiro atoms. The fourth-order valence-electron chi connectivity index (χ4n) is 3.07. The van der Waals surface area contributed by atoms with Crippen molar-refractivity contribution in [1.29, 1.82) is 0 Å². The molecule has 8 nitrogen and oxygen atoms in total. The first kappa shape index (κ1) is 16.7. The quantitative estimate of drug-likeness (QED) is 0.745. The van der Waals surface area contributed by atoms with Crippen LogP contribution in [0.25, 0.3) is 5.65 Å². The number of methoxy groups -OCH3 is 1. The van der Waals surface area contributed by atoms with Crippen molar-refractivity contribution in [2.75, 3.05) is 45.2 Å². The van der Waals surface area contributed by atoms with Gasteiger partial charge < -0.3 is 20.3 Å². The van der Waals surface area contributed by atoms with Crippen molar-refractivity contribution in [1.82, 2.24) is 24.8 Å². The van der Waals surface area contributed by atoms with E-state index in [1.807, 2.05) is 18.3 Å². The first-order valence-electron chi connectivity index (χ1n) is 8.31. The van der Waals surface area contributed by atoms with Crippen LogP contribution in [0.1, 0.15) is 12.8 Å². The van der Waals surface area contributed by atoms with E-state index < -0.39 is 0 Å². The van der Waals surface area contributed by atoms with Gasteiger partial charge in [0, 0.05) is 39.5 Å². The second kappa shape index (κ2) is 8.07. The summed E-state index contributed by atoms with van der Waals surface area (Å²) in [5, 5.41) is 13.7. The van der Waals surface area contributed by atoms with E-state index in [-0.39, 0.29) is 6.03 Å². The molecule has 2 amide bonds. The number of amides is 2. The highest BCUT2D eigenvalue weighted by Crippen LogP contribution is 2.16. The number of aromatic nitrogens is 3. The Balaban J connectivity index is 1.42. The third-order valence-electron chi connectivity index (χ3n) is 4.32. The first-order chi connectivity index (χ1) is 11.8. The van der Waals surface area contributed by atoms with E-state index in [0.717, 1.165) is 39.1 Å². The van der Waals surface area contributed by atoms with Gasteiger partial charge in [0.15, 0.2) is 5.65 Å². The third kappa shape index (κ3) is 4.21. The number of carbonyl (C=O) groups is 1. The zero-order valence-electron chi connectivity index (χ0n) is 13.9. The Morgan fingerprint density at radius 2 is 2.42 bits per heavy atom. The molecule has 3 rings (SSSR count). The molecule has 1 aliphatic rings. The second-order valence-electron chi connectivity index (χ2n) is 6.12. The van der Waals surface area contributed by atoms with Gasteiger partial charge in [-0.1, -0.05) is 0 Å². The second-order valence-corrected chi connectivity index (χ2v) is 6.12. The lowest BCUT2D eigenvalue weighted by atomic mass is 10.1. The van der Waals surface area contributed by atoms with Gasteiger partial charge in [-0.2, -0.15) is 0 Å². The maximum atomic E-state index is 12.1. The van der Waals surface area contributed by atoms with E-state index in [2.05, 4.69) is 25.7 Å². The number of carbonyl (C=O) groups excluding carboxylic acids is 1. The van der Waals surface area contributed by atoms with Gasteiger partial charge in [-0.15, -0.1) is 10.2 Å². The van der Waals surface area contributed by atoms with Crippen LogP contribution in [0.2, 0.25) is 0 Å². The molecular weight excluding hydrogens is 308 g/mol. The van der Waals surface area contributed by atoms with Crippen molar-refractivity contribution in [3.8, 4) is 0 Å². The number of likely N-dealkylation sites (tertiary alicyclic amines) is 1. The van der Waals surface area contributed by atoms with Gasteiger partial charge >= 0.3 is 6.03 Å². The Hall–Kier alpha value is -2.19. The van der Waals surface area contributed by atoms with E-state index in [4.69, 9.17) is 4.74 Å². The summed E-state index contributed by atoms with van der Waals surface area (Å²) in [5.41, 5.74) is 1.29. The summed E-state index contributed by atoms with van der Waals surface area (Å²) in [4.78, 5) is 14.5. The summed E-state index contributed by atoms with van der Waals surface area (Å²) in [5.74, 6) is 0.502. The average Bonchev–Trinajstić information content (AvgIpc) is 3.23. The monoisotopic (exact) mass is 332 g/mol. The van der Waals surface area contributed by atoms with E-state index in [1.54, 1.807) is 17.8 Å². The molecule has 1 fully saturated rings. The van der Waals surface area contributed by atoms with Crippen molar-refractivity contribution in [2.24, 2.45) is 5.92 Å². The van der Waals surface area contributed by atoms with Crippen LogP contribution in [0, 0.1) is 5.92 Å². The number of ether oxygens (including phenoxy) is 1. The predicted molar refractivity (Wildman–Crippen MR) is 91.0 cm³/mol. The Labute approximate surface area is 141 Å². The first-order valence-corrected chi connectivity index (χ1v) is 8.31. The molecular formula is C16H24N6O2. The fourth-order valence-corrected chi connectivity index (χ4v) is 3.07. The largest absolute Gasteiger partial charge is 0.385 e. The molecule has 130 valence electrons.